The lowest BCUT2D eigenvalue weighted by Crippen LogP contribution is -2.25. The Hall–Kier alpha value is -4.58. The number of anilines is 1. The summed E-state index contributed by atoms with van der Waals surface area (Å²) in [5.74, 6) is 0.123. The number of halogens is 3. The second-order valence-corrected chi connectivity index (χ2v) is 11.0. The molecule has 0 amide bonds. The van der Waals surface area contributed by atoms with E-state index in [1.54, 1.807) is 48.7 Å². The minimum atomic E-state index is -2.98. The number of carbonyl (C=O) groups is 1. The zero-order valence-corrected chi connectivity index (χ0v) is 26.8. The van der Waals surface area contributed by atoms with Crippen LogP contribution in [0.4, 0.5) is 19.0 Å². The number of ether oxygens (including phenoxy) is 2. The number of rotatable bonds is 16. The van der Waals surface area contributed by atoms with Crippen molar-refractivity contribution >= 4 is 22.5 Å². The normalized spacial score (nSPS) is 13.4. The predicted molar refractivity (Wildman–Crippen MR) is 174 cm³/mol. The third kappa shape index (κ3) is 8.16. The van der Waals surface area contributed by atoms with E-state index >= 15 is 0 Å². The van der Waals surface area contributed by atoms with Gasteiger partial charge in [0.25, 0.3) is 0 Å². The zero-order valence-electron chi connectivity index (χ0n) is 26.8. The van der Waals surface area contributed by atoms with Gasteiger partial charge in [-0.1, -0.05) is 39.0 Å². The quantitative estimate of drug-likeness (QED) is 0.0990. The highest BCUT2D eigenvalue weighted by molar-refractivity contribution is 6.12. The van der Waals surface area contributed by atoms with Crippen molar-refractivity contribution in [1.82, 2.24) is 24.6 Å². The molecule has 3 aromatic heterocycles. The van der Waals surface area contributed by atoms with Gasteiger partial charge in [0, 0.05) is 17.0 Å². The topological polar surface area (TPSA) is 111 Å². The first-order valence-electron chi connectivity index (χ1n) is 15.3. The Kier molecular flexibility index (Phi) is 11.6. The molecule has 3 N–H and O–H groups in total. The number of benzene rings is 1. The summed E-state index contributed by atoms with van der Waals surface area (Å²) in [5.41, 5.74) is 9.40. The molecule has 0 bridgehead atoms. The van der Waals surface area contributed by atoms with Gasteiger partial charge in [-0.25, -0.2) is 14.1 Å². The number of H-pyrrole nitrogens is 1. The molecule has 246 valence electrons. The van der Waals surface area contributed by atoms with Gasteiger partial charge in [-0.3, -0.25) is 4.79 Å². The van der Waals surface area contributed by atoms with Crippen LogP contribution in [0.25, 0.3) is 16.6 Å². The highest BCUT2D eigenvalue weighted by Gasteiger charge is 2.23. The number of nitrogen functional groups attached to an aromatic ring is 1. The molecule has 0 saturated carbocycles. The second-order valence-electron chi connectivity index (χ2n) is 11.0. The average Bonchev–Trinajstić information content (AvgIpc) is 3.61. The fourth-order valence-corrected chi connectivity index (χ4v) is 5.21. The fourth-order valence-electron chi connectivity index (χ4n) is 5.21. The van der Waals surface area contributed by atoms with E-state index in [4.69, 9.17) is 15.2 Å². The maximum absolute atomic E-state index is 13.6. The molecule has 2 unspecified atom stereocenters. The first kappa shape index (κ1) is 34.3. The van der Waals surface area contributed by atoms with Crippen LogP contribution in [-0.2, 0) is 0 Å². The lowest BCUT2D eigenvalue weighted by molar-refractivity contribution is -0.0505. The third-order valence-corrected chi connectivity index (χ3v) is 7.88. The molecule has 0 fully saturated rings. The first-order chi connectivity index (χ1) is 22.1. The van der Waals surface area contributed by atoms with Crippen molar-refractivity contribution in [2.24, 2.45) is 0 Å². The van der Waals surface area contributed by atoms with Crippen molar-refractivity contribution in [2.75, 3.05) is 32.0 Å². The monoisotopic (exact) mass is 638 g/mol. The van der Waals surface area contributed by atoms with E-state index in [0.29, 0.717) is 28.0 Å². The largest absolute Gasteiger partial charge is 0.470 e. The van der Waals surface area contributed by atoms with Crippen molar-refractivity contribution < 1.29 is 27.4 Å². The number of hydrogen-bond acceptors (Lipinski definition) is 7. The van der Waals surface area contributed by atoms with E-state index in [-0.39, 0.29) is 34.8 Å². The van der Waals surface area contributed by atoms with Crippen LogP contribution in [0.3, 0.4) is 0 Å². The van der Waals surface area contributed by atoms with Gasteiger partial charge in [0.05, 0.1) is 29.3 Å². The number of alkyl halides is 3. The van der Waals surface area contributed by atoms with Crippen LogP contribution in [0.1, 0.15) is 67.2 Å². The van der Waals surface area contributed by atoms with E-state index < -0.39 is 19.1 Å². The molecule has 46 heavy (non-hydrogen) atoms. The van der Waals surface area contributed by atoms with Crippen molar-refractivity contribution in [3.8, 4) is 17.3 Å². The molecule has 0 aliphatic carbocycles. The van der Waals surface area contributed by atoms with E-state index in [1.165, 1.54) is 17.0 Å². The molecule has 4 aromatic rings. The summed E-state index contributed by atoms with van der Waals surface area (Å²) in [7, 11) is 0. The summed E-state index contributed by atoms with van der Waals surface area (Å²) in [5, 5.41) is 4.91. The highest BCUT2D eigenvalue weighted by atomic mass is 19.3. The Bertz CT molecular complexity index is 1690. The summed E-state index contributed by atoms with van der Waals surface area (Å²) >= 11 is 0. The number of ketones is 1. The van der Waals surface area contributed by atoms with Gasteiger partial charge in [0.1, 0.15) is 24.3 Å². The van der Waals surface area contributed by atoms with Gasteiger partial charge in [-0.05, 0) is 81.2 Å². The maximum Gasteiger partial charge on any atom is 0.387 e. The Morgan fingerprint density at radius 1 is 1.11 bits per heavy atom. The van der Waals surface area contributed by atoms with Crippen LogP contribution in [0.15, 0.2) is 61.0 Å². The lowest BCUT2D eigenvalue weighted by Gasteiger charge is -2.22. The van der Waals surface area contributed by atoms with Gasteiger partial charge in [-0.2, -0.15) is 13.9 Å². The Labute approximate surface area is 266 Å². The molecular weight excluding hydrogens is 597 g/mol. The Morgan fingerprint density at radius 2 is 1.87 bits per heavy atom. The smallest absolute Gasteiger partial charge is 0.387 e. The van der Waals surface area contributed by atoms with E-state index in [2.05, 4.69) is 33.8 Å². The lowest BCUT2D eigenvalue weighted by atomic mass is 9.95. The molecule has 0 spiro atoms. The van der Waals surface area contributed by atoms with E-state index in [1.807, 2.05) is 20.8 Å². The number of nitrogens with two attached hydrogens (primary N) is 1. The zero-order chi connectivity index (χ0) is 33.4. The minimum Gasteiger partial charge on any atom is -0.470 e. The van der Waals surface area contributed by atoms with Crippen LogP contribution >= 0.6 is 0 Å². The van der Waals surface area contributed by atoms with Gasteiger partial charge >= 0.3 is 6.61 Å². The molecule has 3 heterocycles. The molecule has 4 rings (SSSR count). The van der Waals surface area contributed by atoms with Gasteiger partial charge < -0.3 is 25.1 Å². The van der Waals surface area contributed by atoms with Crippen molar-refractivity contribution in [2.45, 2.75) is 59.7 Å². The maximum atomic E-state index is 13.6. The minimum absolute atomic E-state index is 0.0621. The summed E-state index contributed by atoms with van der Waals surface area (Å²) in [6.45, 7) is 8.94. The number of nitrogens with zero attached hydrogens (tertiary/aromatic N) is 4. The number of hydrogen-bond donors (Lipinski definition) is 2. The van der Waals surface area contributed by atoms with Gasteiger partial charge in [-0.15, -0.1) is 0 Å². The van der Waals surface area contributed by atoms with Crippen molar-refractivity contribution in [1.29, 1.82) is 0 Å². The summed E-state index contributed by atoms with van der Waals surface area (Å²) in [6.07, 6.45) is 9.85. The standard InChI is InChI=1S/C34H41F3N6O3/c1-6-42(7-2)14-12-21(3)25-18-27-24(17-30(25)46-34(36)37)16-28(41-27)32(44)26-19-40-43(33(26)38)29-20-39-31(15-22(29)4)45-23(5)11-9-8-10-13-35/h8-11,15-21,23,34,41H,6-7,12-14,38H2,1-5H3/b10-8-,11-9-. The number of carbonyl (C=O) groups excluding carboxylic acids is 1. The number of fused-ring (bicyclic) bond motifs is 1. The third-order valence-electron chi connectivity index (χ3n) is 7.88. The van der Waals surface area contributed by atoms with Gasteiger partial charge in [0.2, 0.25) is 11.7 Å². The molecule has 9 nitrogen and oxygen atoms in total. The van der Waals surface area contributed by atoms with Crippen LogP contribution in [0.2, 0.25) is 0 Å². The Balaban J connectivity index is 1.57. The van der Waals surface area contributed by atoms with Crippen LogP contribution in [0, 0.1) is 6.92 Å². The van der Waals surface area contributed by atoms with Crippen LogP contribution < -0.4 is 15.2 Å². The fraction of sp³-hybridized carbons (Fsp3) is 0.382. The summed E-state index contributed by atoms with van der Waals surface area (Å²) < 4.78 is 51.1. The average molecular weight is 639 g/mol. The van der Waals surface area contributed by atoms with Crippen molar-refractivity contribution in [3.63, 3.8) is 0 Å². The highest BCUT2D eigenvalue weighted by Crippen LogP contribution is 2.35. The summed E-state index contributed by atoms with van der Waals surface area (Å²) in [6, 6.07) is 6.65. The molecule has 0 aliphatic heterocycles. The predicted octanol–water partition coefficient (Wildman–Crippen LogP) is 7.16. The number of allylic oxidation sites excluding steroid dienone is 3. The first-order valence-corrected chi connectivity index (χ1v) is 15.3. The van der Waals surface area contributed by atoms with E-state index in [9.17, 15) is 18.0 Å². The van der Waals surface area contributed by atoms with Crippen LogP contribution in [-0.4, -0.2) is 69.5 Å². The molecular formula is C34H41F3N6O3. The molecule has 0 aliphatic rings. The number of pyridine rings is 1. The second kappa shape index (κ2) is 15.6. The van der Waals surface area contributed by atoms with Gasteiger partial charge in [0.15, 0.2) is 0 Å². The molecule has 0 radical (unpaired) electrons. The molecule has 0 saturated heterocycles. The molecule has 2 atom stereocenters. The summed E-state index contributed by atoms with van der Waals surface area (Å²) in [4.78, 5) is 23.4. The number of aromatic nitrogens is 4. The Morgan fingerprint density at radius 3 is 2.54 bits per heavy atom. The van der Waals surface area contributed by atoms with E-state index in [0.717, 1.165) is 31.6 Å². The van der Waals surface area contributed by atoms with Crippen molar-refractivity contribution in [3.05, 3.63) is 83.3 Å². The van der Waals surface area contributed by atoms with Crippen LogP contribution in [0.5, 0.6) is 11.6 Å². The molecule has 12 heteroatoms. The number of aryl methyl sites for hydroxylation is 1. The number of aromatic amines is 1. The SMILES string of the molecule is CCN(CC)CCC(C)c1cc2[nH]c(C(=O)c3cnn(-c4cnc(OC(C)/C=C\C=C/CF)cc4C)c3N)cc2cc1OC(F)F. The molecule has 1 aromatic carbocycles. The number of nitrogens with one attached hydrogen (secondary N) is 1.